The third kappa shape index (κ3) is 2.19. The third-order valence-corrected chi connectivity index (χ3v) is 2.37. The quantitative estimate of drug-likeness (QED) is 0.634. The van der Waals surface area contributed by atoms with E-state index in [0.717, 1.165) is 0 Å². The largest absolute Gasteiger partial charge is 0.481 e. The van der Waals surface area contributed by atoms with E-state index in [1.807, 2.05) is 0 Å². The van der Waals surface area contributed by atoms with Crippen molar-refractivity contribution in [2.45, 2.75) is 6.42 Å². The Labute approximate surface area is 101 Å². The number of fused-ring (bicyclic) bond motifs is 1. The van der Waals surface area contributed by atoms with Crippen LogP contribution in [-0.2, 0) is 4.79 Å². The monoisotopic (exact) mass is 247 g/mol. The van der Waals surface area contributed by atoms with Gasteiger partial charge in [0.1, 0.15) is 0 Å². The van der Waals surface area contributed by atoms with Crippen molar-refractivity contribution in [3.05, 3.63) is 40.1 Å². The minimum absolute atomic E-state index is 0.0818. The van der Waals surface area contributed by atoms with Crippen molar-refractivity contribution < 1.29 is 14.8 Å². The molecule has 0 spiro atoms. The third-order valence-electron chi connectivity index (χ3n) is 2.37. The molecule has 0 radical (unpaired) electrons. The Morgan fingerprint density at radius 2 is 2.33 bits per heavy atom. The van der Waals surface area contributed by atoms with Gasteiger partial charge in [0, 0.05) is 11.5 Å². The number of para-hydroxylation sites is 1. The van der Waals surface area contributed by atoms with Gasteiger partial charge in [0.05, 0.1) is 17.0 Å². The molecule has 0 unspecified atom stereocenters. The number of aromatic nitrogens is 2. The summed E-state index contributed by atoms with van der Waals surface area (Å²) in [4.78, 5) is 20.6. The maximum absolute atomic E-state index is 10.8. The zero-order valence-electron chi connectivity index (χ0n) is 9.16. The summed E-state index contributed by atoms with van der Waals surface area (Å²) in [6.45, 7) is 0. The number of aromatic amines is 1. The molecule has 7 nitrogen and oxygen atoms in total. The van der Waals surface area contributed by atoms with Gasteiger partial charge in [0.15, 0.2) is 5.52 Å². The smallest absolute Gasteiger partial charge is 0.307 e. The molecule has 1 aromatic heterocycles. The van der Waals surface area contributed by atoms with Crippen molar-refractivity contribution in [2.24, 2.45) is 0 Å². The number of carbonyl (C=O) groups is 1. The number of benzene rings is 1. The predicted molar refractivity (Wildman–Crippen MR) is 64.0 cm³/mol. The van der Waals surface area contributed by atoms with Gasteiger partial charge in [0.25, 0.3) is 5.69 Å². The lowest BCUT2D eigenvalue weighted by atomic mass is 10.1. The van der Waals surface area contributed by atoms with Crippen molar-refractivity contribution in [1.29, 1.82) is 0 Å². The lowest BCUT2D eigenvalue weighted by molar-refractivity contribution is -0.383. The van der Waals surface area contributed by atoms with E-state index >= 15 is 0 Å². The summed E-state index contributed by atoms with van der Waals surface area (Å²) < 4.78 is 0. The van der Waals surface area contributed by atoms with Crippen LogP contribution in [-0.4, -0.2) is 26.2 Å². The fraction of sp³-hybridized carbons (Fsp3) is 0.0909. The van der Waals surface area contributed by atoms with Crippen molar-refractivity contribution >= 4 is 28.6 Å². The van der Waals surface area contributed by atoms with Gasteiger partial charge in [-0.15, -0.1) is 0 Å². The lowest BCUT2D eigenvalue weighted by Crippen LogP contribution is -1.89. The van der Waals surface area contributed by atoms with Crippen LogP contribution in [0.4, 0.5) is 5.69 Å². The summed E-state index contributed by atoms with van der Waals surface area (Å²) in [6.07, 6.45) is 2.89. The second-order valence-corrected chi connectivity index (χ2v) is 3.57. The molecule has 1 heterocycles. The van der Waals surface area contributed by atoms with Gasteiger partial charge in [-0.1, -0.05) is 18.2 Å². The Kier molecular flexibility index (Phi) is 3.05. The normalized spacial score (nSPS) is 11.1. The molecule has 0 aliphatic heterocycles. The first-order valence-corrected chi connectivity index (χ1v) is 5.09. The molecule has 0 fully saturated rings. The van der Waals surface area contributed by atoms with Crippen LogP contribution >= 0.6 is 0 Å². The van der Waals surface area contributed by atoms with Crippen molar-refractivity contribution in [3.63, 3.8) is 0 Å². The molecular formula is C11H9N3O4. The highest BCUT2D eigenvalue weighted by Crippen LogP contribution is 2.25. The van der Waals surface area contributed by atoms with Crippen LogP contribution in [0.3, 0.4) is 0 Å². The van der Waals surface area contributed by atoms with Gasteiger partial charge < -0.3 is 5.11 Å². The fourth-order valence-corrected chi connectivity index (χ4v) is 1.59. The molecule has 0 amide bonds. The van der Waals surface area contributed by atoms with E-state index in [1.165, 1.54) is 12.1 Å². The van der Waals surface area contributed by atoms with Crippen LogP contribution in [0.5, 0.6) is 0 Å². The summed E-state index contributed by atoms with van der Waals surface area (Å²) in [5, 5.41) is 26.4. The number of rotatable bonds is 4. The van der Waals surface area contributed by atoms with Crippen LogP contribution in [0.15, 0.2) is 24.3 Å². The number of hydrogen-bond acceptors (Lipinski definition) is 4. The number of non-ortho nitro benzene ring substituents is 1. The topological polar surface area (TPSA) is 109 Å². The van der Waals surface area contributed by atoms with Gasteiger partial charge in [-0.25, -0.2) is 0 Å². The standard InChI is InChI=1S/C11H9N3O4/c15-10(16)6-2-4-8-7-3-1-5-9(14(17)18)11(7)13-12-8/h1-5H,6H2,(H,12,13)(H,15,16). The van der Waals surface area contributed by atoms with Crippen LogP contribution < -0.4 is 0 Å². The van der Waals surface area contributed by atoms with Crippen LogP contribution in [0, 0.1) is 10.1 Å². The number of nitro groups is 1. The van der Waals surface area contributed by atoms with Gasteiger partial charge in [0.2, 0.25) is 0 Å². The molecule has 0 saturated carbocycles. The number of nitrogens with zero attached hydrogens (tertiary/aromatic N) is 2. The van der Waals surface area contributed by atoms with Gasteiger partial charge >= 0.3 is 5.97 Å². The van der Waals surface area contributed by atoms with E-state index in [0.29, 0.717) is 11.1 Å². The molecule has 2 rings (SSSR count). The Hall–Kier alpha value is -2.70. The van der Waals surface area contributed by atoms with Crippen LogP contribution in [0.25, 0.3) is 17.0 Å². The zero-order chi connectivity index (χ0) is 13.1. The molecule has 0 aliphatic rings. The number of hydrogen-bond donors (Lipinski definition) is 2. The van der Waals surface area contributed by atoms with E-state index in [1.54, 1.807) is 18.2 Å². The van der Waals surface area contributed by atoms with Gasteiger partial charge in [-0.2, -0.15) is 5.10 Å². The maximum atomic E-state index is 10.8. The maximum Gasteiger partial charge on any atom is 0.307 e. The first-order chi connectivity index (χ1) is 8.59. The molecule has 1 aromatic carbocycles. The number of H-pyrrole nitrogens is 1. The molecule has 0 bridgehead atoms. The molecule has 7 heteroatoms. The minimum atomic E-state index is -0.943. The SMILES string of the molecule is O=C(O)CC=Cc1[nH]nc2c([N+](=O)[O-])cccc12. The van der Waals surface area contributed by atoms with E-state index in [2.05, 4.69) is 10.2 Å². The molecule has 2 N–H and O–H groups in total. The van der Waals surface area contributed by atoms with E-state index in [9.17, 15) is 14.9 Å². The number of carboxylic acid groups (broad SMARTS) is 1. The van der Waals surface area contributed by atoms with Crippen molar-refractivity contribution in [1.82, 2.24) is 10.2 Å². The summed E-state index contributed by atoms with van der Waals surface area (Å²) in [7, 11) is 0. The average Bonchev–Trinajstić information content (AvgIpc) is 2.72. The highest BCUT2D eigenvalue weighted by Gasteiger charge is 2.15. The highest BCUT2D eigenvalue weighted by atomic mass is 16.6. The number of nitrogens with one attached hydrogen (secondary N) is 1. The van der Waals surface area contributed by atoms with Crippen molar-refractivity contribution in [3.8, 4) is 0 Å². The van der Waals surface area contributed by atoms with Crippen LogP contribution in [0.1, 0.15) is 12.1 Å². The zero-order valence-corrected chi connectivity index (χ0v) is 9.16. The summed E-state index contributed by atoms with van der Waals surface area (Å²) >= 11 is 0. The Morgan fingerprint density at radius 3 is 3.00 bits per heavy atom. The second kappa shape index (κ2) is 4.66. The predicted octanol–water partition coefficient (Wildman–Crippen LogP) is 1.96. The number of carboxylic acids is 1. The van der Waals surface area contributed by atoms with E-state index < -0.39 is 10.9 Å². The lowest BCUT2D eigenvalue weighted by Gasteiger charge is -1.92. The minimum Gasteiger partial charge on any atom is -0.481 e. The second-order valence-electron chi connectivity index (χ2n) is 3.57. The first-order valence-electron chi connectivity index (χ1n) is 5.09. The first kappa shape index (κ1) is 11.8. The Bertz CT molecular complexity index is 645. The molecule has 2 aromatic rings. The van der Waals surface area contributed by atoms with Gasteiger partial charge in [-0.3, -0.25) is 20.0 Å². The highest BCUT2D eigenvalue weighted by molar-refractivity contribution is 5.92. The van der Waals surface area contributed by atoms with Crippen molar-refractivity contribution in [2.75, 3.05) is 0 Å². The fourth-order valence-electron chi connectivity index (χ4n) is 1.59. The summed E-state index contributed by atoms with van der Waals surface area (Å²) in [5.41, 5.74) is 0.731. The molecule has 18 heavy (non-hydrogen) atoms. The summed E-state index contributed by atoms with van der Waals surface area (Å²) in [5.74, 6) is -0.943. The van der Waals surface area contributed by atoms with E-state index in [-0.39, 0.29) is 17.6 Å². The molecule has 0 aliphatic carbocycles. The molecule has 0 atom stereocenters. The Balaban J connectivity index is 2.43. The van der Waals surface area contributed by atoms with Crippen LogP contribution in [0.2, 0.25) is 0 Å². The molecule has 0 saturated heterocycles. The summed E-state index contributed by atoms with van der Waals surface area (Å²) in [6, 6.07) is 4.62. The average molecular weight is 247 g/mol. The number of nitro benzene ring substituents is 1. The van der Waals surface area contributed by atoms with E-state index in [4.69, 9.17) is 5.11 Å². The van der Waals surface area contributed by atoms with Gasteiger partial charge in [-0.05, 0) is 6.08 Å². The Morgan fingerprint density at radius 1 is 1.56 bits per heavy atom. The molecule has 92 valence electrons. The molecular weight excluding hydrogens is 238 g/mol. The number of aliphatic carboxylic acids is 1.